The Hall–Kier alpha value is -1.61. The summed E-state index contributed by atoms with van der Waals surface area (Å²) in [7, 11) is 0. The fourth-order valence-electron chi connectivity index (χ4n) is 2.72. The minimum atomic E-state index is 0.0667. The van der Waals surface area contributed by atoms with Crippen molar-refractivity contribution in [2.45, 2.75) is 19.3 Å². The van der Waals surface area contributed by atoms with Crippen LogP contribution in [0.2, 0.25) is 0 Å². The molecule has 0 bridgehead atoms. The Labute approximate surface area is 127 Å². The summed E-state index contributed by atoms with van der Waals surface area (Å²) in [4.78, 5) is 12.4. The molecule has 0 spiro atoms. The maximum Gasteiger partial charge on any atom is 0.227 e. The second-order valence-electron chi connectivity index (χ2n) is 5.18. The van der Waals surface area contributed by atoms with Crippen molar-refractivity contribution < 1.29 is 4.79 Å². The van der Waals surface area contributed by atoms with Crippen LogP contribution >= 0.6 is 15.9 Å². The lowest BCUT2D eigenvalue weighted by atomic mass is 9.83. The summed E-state index contributed by atoms with van der Waals surface area (Å²) in [6, 6.07) is 16.1. The predicted molar refractivity (Wildman–Crippen MR) is 84.7 cm³/mol. The van der Waals surface area contributed by atoms with Gasteiger partial charge >= 0.3 is 0 Å². The third-order valence-corrected chi connectivity index (χ3v) is 4.54. The third kappa shape index (κ3) is 2.78. The smallest absolute Gasteiger partial charge is 0.227 e. The van der Waals surface area contributed by atoms with Crippen LogP contribution < -0.4 is 5.32 Å². The van der Waals surface area contributed by atoms with Gasteiger partial charge in [0.1, 0.15) is 0 Å². The first kappa shape index (κ1) is 13.4. The van der Waals surface area contributed by atoms with E-state index in [1.807, 2.05) is 30.3 Å². The topological polar surface area (TPSA) is 29.1 Å². The molecule has 0 saturated carbocycles. The number of nitrogens with one attached hydrogen (secondary N) is 1. The number of halogens is 1. The number of carbonyl (C=O) groups is 1. The van der Waals surface area contributed by atoms with E-state index >= 15 is 0 Å². The van der Waals surface area contributed by atoms with Crippen molar-refractivity contribution in [2.24, 2.45) is 5.92 Å². The van der Waals surface area contributed by atoms with Gasteiger partial charge < -0.3 is 5.32 Å². The highest BCUT2D eigenvalue weighted by atomic mass is 79.9. The summed E-state index contributed by atoms with van der Waals surface area (Å²) in [6.07, 6.45) is 2.75. The third-order valence-electron chi connectivity index (χ3n) is 3.85. The molecule has 0 fully saturated rings. The lowest BCUT2D eigenvalue weighted by Crippen LogP contribution is -2.28. The molecule has 3 rings (SSSR count). The van der Waals surface area contributed by atoms with Gasteiger partial charge in [-0.2, -0.15) is 0 Å². The molecule has 1 amide bonds. The SMILES string of the molecule is O=C(Nc1ccccc1Br)C1CCc2ccccc2C1. The number of fused-ring (bicyclic) bond motifs is 1. The van der Waals surface area contributed by atoms with Crippen LogP contribution in [0.4, 0.5) is 5.69 Å². The average molecular weight is 330 g/mol. The van der Waals surface area contributed by atoms with E-state index in [0.29, 0.717) is 0 Å². The number of para-hydroxylation sites is 1. The normalized spacial score (nSPS) is 17.4. The van der Waals surface area contributed by atoms with Crippen LogP contribution in [0.5, 0.6) is 0 Å². The molecule has 1 aliphatic carbocycles. The zero-order chi connectivity index (χ0) is 13.9. The molecule has 0 aliphatic heterocycles. The molecule has 0 aromatic heterocycles. The van der Waals surface area contributed by atoms with Crippen LogP contribution in [0.1, 0.15) is 17.5 Å². The van der Waals surface area contributed by atoms with E-state index in [1.54, 1.807) is 0 Å². The Bertz CT molecular complexity index is 638. The van der Waals surface area contributed by atoms with Gasteiger partial charge in [0.05, 0.1) is 5.69 Å². The molecule has 2 nitrogen and oxygen atoms in total. The van der Waals surface area contributed by atoms with Crippen LogP contribution in [-0.4, -0.2) is 5.91 Å². The number of benzene rings is 2. The second-order valence-corrected chi connectivity index (χ2v) is 6.03. The molecule has 20 heavy (non-hydrogen) atoms. The summed E-state index contributed by atoms with van der Waals surface area (Å²) >= 11 is 3.46. The molecule has 0 saturated heterocycles. The number of hydrogen-bond acceptors (Lipinski definition) is 1. The largest absolute Gasteiger partial charge is 0.325 e. The number of rotatable bonds is 2. The summed E-state index contributed by atoms with van der Waals surface area (Å²) in [5, 5.41) is 3.02. The number of hydrogen-bond donors (Lipinski definition) is 1. The lowest BCUT2D eigenvalue weighted by molar-refractivity contribution is -0.120. The Morgan fingerprint density at radius 3 is 2.55 bits per heavy atom. The lowest BCUT2D eigenvalue weighted by Gasteiger charge is -2.24. The van der Waals surface area contributed by atoms with E-state index in [-0.39, 0.29) is 11.8 Å². The van der Waals surface area contributed by atoms with Crippen molar-refractivity contribution >= 4 is 27.5 Å². The molecule has 102 valence electrons. The van der Waals surface area contributed by atoms with Crippen LogP contribution in [0, 0.1) is 5.92 Å². The molecule has 1 aliphatic rings. The van der Waals surface area contributed by atoms with Crippen molar-refractivity contribution in [1.29, 1.82) is 0 Å². The van der Waals surface area contributed by atoms with E-state index in [9.17, 15) is 4.79 Å². The minimum absolute atomic E-state index is 0.0667. The summed E-state index contributed by atoms with van der Waals surface area (Å²) in [5.41, 5.74) is 3.54. The Morgan fingerprint density at radius 2 is 1.75 bits per heavy atom. The highest BCUT2D eigenvalue weighted by Crippen LogP contribution is 2.28. The number of aryl methyl sites for hydroxylation is 1. The zero-order valence-electron chi connectivity index (χ0n) is 11.1. The van der Waals surface area contributed by atoms with Gasteiger partial charge in [0.15, 0.2) is 0 Å². The first-order valence-corrected chi connectivity index (χ1v) is 7.65. The molecular weight excluding hydrogens is 314 g/mol. The van der Waals surface area contributed by atoms with E-state index in [4.69, 9.17) is 0 Å². The number of carbonyl (C=O) groups excluding carboxylic acids is 1. The summed E-state index contributed by atoms with van der Waals surface area (Å²) in [6.45, 7) is 0. The quantitative estimate of drug-likeness (QED) is 0.879. The zero-order valence-corrected chi connectivity index (χ0v) is 12.7. The van der Waals surface area contributed by atoms with E-state index < -0.39 is 0 Å². The summed E-state index contributed by atoms with van der Waals surface area (Å²) in [5.74, 6) is 0.184. The van der Waals surface area contributed by atoms with Gasteiger partial charge in [-0.3, -0.25) is 4.79 Å². The van der Waals surface area contributed by atoms with Crippen molar-refractivity contribution in [2.75, 3.05) is 5.32 Å². The first-order chi connectivity index (χ1) is 9.74. The Kier molecular flexibility index (Phi) is 3.88. The molecule has 0 radical (unpaired) electrons. The fourth-order valence-corrected chi connectivity index (χ4v) is 3.10. The molecule has 1 atom stereocenters. The van der Waals surface area contributed by atoms with Gasteiger partial charge in [0.25, 0.3) is 0 Å². The van der Waals surface area contributed by atoms with Crippen LogP contribution in [0.25, 0.3) is 0 Å². The fraction of sp³-hybridized carbons (Fsp3) is 0.235. The average Bonchev–Trinajstić information content (AvgIpc) is 2.49. The summed E-state index contributed by atoms with van der Waals surface area (Å²) < 4.78 is 0.921. The van der Waals surface area contributed by atoms with E-state index in [0.717, 1.165) is 29.4 Å². The van der Waals surface area contributed by atoms with Crippen LogP contribution in [0.3, 0.4) is 0 Å². The van der Waals surface area contributed by atoms with Crippen molar-refractivity contribution in [1.82, 2.24) is 0 Å². The molecule has 0 heterocycles. The molecule has 2 aromatic carbocycles. The molecule has 2 aromatic rings. The minimum Gasteiger partial charge on any atom is -0.325 e. The van der Waals surface area contributed by atoms with Gasteiger partial charge in [-0.25, -0.2) is 0 Å². The maximum atomic E-state index is 12.4. The maximum absolute atomic E-state index is 12.4. The Balaban J connectivity index is 1.72. The van der Waals surface area contributed by atoms with Gasteiger partial charge in [0, 0.05) is 10.4 Å². The number of anilines is 1. The van der Waals surface area contributed by atoms with Gasteiger partial charge in [0.2, 0.25) is 5.91 Å². The van der Waals surface area contributed by atoms with Crippen LogP contribution in [-0.2, 0) is 17.6 Å². The van der Waals surface area contributed by atoms with Gasteiger partial charge in [-0.15, -0.1) is 0 Å². The molecule has 1 N–H and O–H groups in total. The van der Waals surface area contributed by atoms with Gasteiger partial charge in [-0.1, -0.05) is 36.4 Å². The first-order valence-electron chi connectivity index (χ1n) is 6.86. The van der Waals surface area contributed by atoms with Crippen molar-refractivity contribution in [3.63, 3.8) is 0 Å². The molecule has 3 heteroatoms. The second kappa shape index (κ2) is 5.80. The Morgan fingerprint density at radius 1 is 1.05 bits per heavy atom. The number of amides is 1. The standard InChI is InChI=1S/C17H16BrNO/c18-15-7-3-4-8-16(15)19-17(20)14-10-9-12-5-1-2-6-13(12)11-14/h1-8,14H,9-11H2,(H,19,20). The molecular formula is C17H16BrNO. The van der Waals surface area contributed by atoms with Crippen LogP contribution in [0.15, 0.2) is 53.0 Å². The van der Waals surface area contributed by atoms with Crippen molar-refractivity contribution in [3.05, 3.63) is 64.1 Å². The highest BCUT2D eigenvalue weighted by Gasteiger charge is 2.24. The monoisotopic (exact) mass is 329 g/mol. The van der Waals surface area contributed by atoms with Gasteiger partial charge in [-0.05, 0) is 58.5 Å². The van der Waals surface area contributed by atoms with E-state index in [1.165, 1.54) is 11.1 Å². The predicted octanol–water partition coefficient (Wildman–Crippen LogP) is 4.19. The van der Waals surface area contributed by atoms with E-state index in [2.05, 4.69) is 39.4 Å². The van der Waals surface area contributed by atoms with Crippen molar-refractivity contribution in [3.8, 4) is 0 Å². The highest BCUT2D eigenvalue weighted by molar-refractivity contribution is 9.10. The molecule has 1 unspecified atom stereocenters.